The van der Waals surface area contributed by atoms with E-state index >= 15 is 0 Å². The number of carbonyl (C=O) groups excluding carboxylic acids is 1. The number of halogens is 1. The molecule has 26 heavy (non-hydrogen) atoms. The van der Waals surface area contributed by atoms with Gasteiger partial charge >= 0.3 is 0 Å². The van der Waals surface area contributed by atoms with Gasteiger partial charge in [-0.05, 0) is 36.4 Å². The Balaban J connectivity index is 1.71. The Bertz CT molecular complexity index is 1150. The lowest BCUT2D eigenvalue weighted by molar-refractivity contribution is 0.101. The van der Waals surface area contributed by atoms with E-state index in [-0.39, 0.29) is 11.3 Å². The Morgan fingerprint density at radius 2 is 1.85 bits per heavy atom. The highest BCUT2D eigenvalue weighted by molar-refractivity contribution is 5.99. The van der Waals surface area contributed by atoms with E-state index in [1.807, 2.05) is 0 Å². The maximum absolute atomic E-state index is 13.1. The Morgan fingerprint density at radius 1 is 1.12 bits per heavy atom. The number of nitrogens with zero attached hydrogens (tertiary/aromatic N) is 5. The molecule has 0 atom stereocenters. The normalized spacial score (nSPS) is 10.8. The third-order valence-electron chi connectivity index (χ3n) is 3.77. The van der Waals surface area contributed by atoms with Gasteiger partial charge in [0.1, 0.15) is 12.1 Å². The molecule has 3 aromatic heterocycles. The van der Waals surface area contributed by atoms with Crippen molar-refractivity contribution < 1.29 is 9.18 Å². The molecule has 0 aliphatic rings. The minimum Gasteiger partial charge on any atom is -0.282 e. The number of amides is 1. The fourth-order valence-electron chi connectivity index (χ4n) is 2.47. The topological polar surface area (TPSA) is 101 Å². The van der Waals surface area contributed by atoms with E-state index in [1.54, 1.807) is 24.3 Å². The molecule has 0 fully saturated rings. The van der Waals surface area contributed by atoms with Crippen molar-refractivity contribution in [1.29, 1.82) is 5.41 Å². The molecule has 0 saturated heterocycles. The summed E-state index contributed by atoms with van der Waals surface area (Å²) in [5, 5.41) is 12.9. The molecular weight excluding hydrogens is 337 g/mol. The van der Waals surface area contributed by atoms with E-state index in [0.29, 0.717) is 22.3 Å². The lowest BCUT2D eigenvalue weighted by atomic mass is 10.3. The van der Waals surface area contributed by atoms with E-state index in [0.717, 1.165) is 0 Å². The zero-order valence-corrected chi connectivity index (χ0v) is 13.3. The van der Waals surface area contributed by atoms with Crippen molar-refractivity contribution in [3.05, 3.63) is 78.2 Å². The number of pyridine rings is 1. The smallest absolute Gasteiger partial charge is 0.270 e. The lowest BCUT2D eigenvalue weighted by Crippen LogP contribution is -2.33. The Morgan fingerprint density at radius 3 is 2.58 bits per heavy atom. The van der Waals surface area contributed by atoms with Crippen LogP contribution in [0.25, 0.3) is 16.7 Å². The highest BCUT2D eigenvalue weighted by Gasteiger charge is 2.12. The van der Waals surface area contributed by atoms with Gasteiger partial charge in [-0.15, -0.1) is 0 Å². The second-order valence-electron chi connectivity index (χ2n) is 5.41. The number of benzene rings is 1. The van der Waals surface area contributed by atoms with Crippen molar-refractivity contribution >= 4 is 16.9 Å². The van der Waals surface area contributed by atoms with Crippen LogP contribution in [0.3, 0.4) is 0 Å². The maximum Gasteiger partial charge on any atom is 0.270 e. The molecule has 4 aromatic rings. The van der Waals surface area contributed by atoms with E-state index in [4.69, 9.17) is 5.41 Å². The van der Waals surface area contributed by atoms with E-state index < -0.39 is 5.91 Å². The summed E-state index contributed by atoms with van der Waals surface area (Å²) in [5.41, 5.74) is 4.06. The molecule has 3 heterocycles. The molecule has 0 spiro atoms. The quantitative estimate of drug-likeness (QED) is 0.587. The molecular formula is C17H12FN7O. The molecule has 0 unspecified atom stereocenters. The molecule has 128 valence electrons. The molecule has 8 nitrogen and oxygen atoms in total. The summed E-state index contributed by atoms with van der Waals surface area (Å²) in [7, 11) is 0. The maximum atomic E-state index is 13.1. The van der Waals surface area contributed by atoms with Gasteiger partial charge in [0.2, 0.25) is 0 Å². The zero-order chi connectivity index (χ0) is 18.1. The molecule has 0 aliphatic carbocycles. The SMILES string of the molecule is N=c1c2cnn(-c3ccc(F)cc3)c2ncn1NC(=O)c1ccncc1. The first-order chi connectivity index (χ1) is 12.6. The van der Waals surface area contributed by atoms with Crippen LogP contribution in [0.5, 0.6) is 0 Å². The average molecular weight is 349 g/mol. The fourth-order valence-corrected chi connectivity index (χ4v) is 2.47. The lowest BCUT2D eigenvalue weighted by Gasteiger charge is -2.09. The summed E-state index contributed by atoms with van der Waals surface area (Å²) in [6.45, 7) is 0. The van der Waals surface area contributed by atoms with Crippen molar-refractivity contribution in [2.24, 2.45) is 0 Å². The third-order valence-corrected chi connectivity index (χ3v) is 3.77. The molecule has 9 heteroatoms. The van der Waals surface area contributed by atoms with E-state index in [9.17, 15) is 9.18 Å². The average Bonchev–Trinajstić information content (AvgIpc) is 3.10. The summed E-state index contributed by atoms with van der Waals surface area (Å²) >= 11 is 0. The number of aromatic nitrogens is 5. The monoisotopic (exact) mass is 349 g/mol. The van der Waals surface area contributed by atoms with Crippen molar-refractivity contribution in [1.82, 2.24) is 24.4 Å². The molecule has 4 rings (SSSR count). The van der Waals surface area contributed by atoms with Crippen LogP contribution in [0.2, 0.25) is 0 Å². The van der Waals surface area contributed by atoms with Crippen LogP contribution in [0.15, 0.2) is 61.3 Å². The summed E-state index contributed by atoms with van der Waals surface area (Å²) in [4.78, 5) is 20.4. The van der Waals surface area contributed by atoms with Gasteiger partial charge in [0.15, 0.2) is 11.1 Å². The Hall–Kier alpha value is -3.88. The Labute approximate surface area is 146 Å². The van der Waals surface area contributed by atoms with Crippen LogP contribution in [0.4, 0.5) is 4.39 Å². The zero-order valence-electron chi connectivity index (χ0n) is 13.3. The highest BCUT2D eigenvalue weighted by Crippen LogP contribution is 2.13. The van der Waals surface area contributed by atoms with E-state index in [2.05, 4.69) is 20.5 Å². The number of fused-ring (bicyclic) bond motifs is 1. The molecule has 0 aliphatic heterocycles. The number of rotatable bonds is 3. The summed E-state index contributed by atoms with van der Waals surface area (Å²) in [6.07, 6.45) is 5.82. The van der Waals surface area contributed by atoms with Crippen molar-refractivity contribution in [2.45, 2.75) is 0 Å². The van der Waals surface area contributed by atoms with Crippen molar-refractivity contribution in [2.75, 3.05) is 5.43 Å². The van der Waals surface area contributed by atoms with Crippen LogP contribution >= 0.6 is 0 Å². The van der Waals surface area contributed by atoms with E-state index in [1.165, 1.54) is 46.4 Å². The van der Waals surface area contributed by atoms with Crippen LogP contribution in [0, 0.1) is 11.2 Å². The number of carbonyl (C=O) groups is 1. The minimum absolute atomic E-state index is 0.0192. The first-order valence-electron chi connectivity index (χ1n) is 7.61. The van der Waals surface area contributed by atoms with Gasteiger partial charge in [0.05, 0.1) is 17.3 Å². The predicted molar refractivity (Wildman–Crippen MR) is 90.6 cm³/mol. The van der Waals surface area contributed by atoms with Crippen LogP contribution in [0.1, 0.15) is 10.4 Å². The second kappa shape index (κ2) is 6.20. The van der Waals surface area contributed by atoms with Crippen molar-refractivity contribution in [3.8, 4) is 5.69 Å². The van der Waals surface area contributed by atoms with Crippen LogP contribution < -0.4 is 10.9 Å². The van der Waals surface area contributed by atoms with Gasteiger partial charge in [-0.2, -0.15) is 5.10 Å². The number of nitrogens with one attached hydrogen (secondary N) is 2. The number of hydrogen-bond donors (Lipinski definition) is 2. The molecule has 2 N–H and O–H groups in total. The fraction of sp³-hybridized carbons (Fsp3) is 0. The van der Waals surface area contributed by atoms with Crippen LogP contribution in [-0.2, 0) is 0 Å². The van der Waals surface area contributed by atoms with Gasteiger partial charge in [-0.3, -0.25) is 20.6 Å². The molecule has 0 radical (unpaired) electrons. The highest BCUT2D eigenvalue weighted by atomic mass is 19.1. The molecule has 1 aromatic carbocycles. The molecule has 0 bridgehead atoms. The standard InChI is InChI=1S/C17H12FN7O/c18-12-1-3-13(4-2-12)25-16-14(9-22-25)15(19)24(10-21-16)23-17(26)11-5-7-20-8-6-11/h1-10,19H,(H,23,26). The van der Waals surface area contributed by atoms with Gasteiger partial charge in [-0.25, -0.2) is 18.7 Å². The first kappa shape index (κ1) is 15.6. The Kier molecular flexibility index (Phi) is 3.73. The summed E-state index contributed by atoms with van der Waals surface area (Å²) < 4.78 is 15.8. The molecule has 1 amide bonds. The largest absolute Gasteiger partial charge is 0.282 e. The van der Waals surface area contributed by atoms with Crippen molar-refractivity contribution in [3.63, 3.8) is 0 Å². The second-order valence-corrected chi connectivity index (χ2v) is 5.41. The minimum atomic E-state index is -0.391. The first-order valence-corrected chi connectivity index (χ1v) is 7.61. The molecule has 0 saturated carbocycles. The third kappa shape index (κ3) is 2.71. The van der Waals surface area contributed by atoms with Gasteiger partial charge < -0.3 is 0 Å². The summed E-state index contributed by atoms with van der Waals surface area (Å²) in [6, 6.07) is 8.92. The van der Waals surface area contributed by atoms with Gasteiger partial charge in [0, 0.05) is 18.0 Å². The number of hydrogen-bond acceptors (Lipinski definition) is 5. The van der Waals surface area contributed by atoms with Crippen LogP contribution in [-0.4, -0.2) is 30.3 Å². The predicted octanol–water partition coefficient (Wildman–Crippen LogP) is 1.62. The van der Waals surface area contributed by atoms with Gasteiger partial charge in [-0.1, -0.05) is 0 Å². The summed E-state index contributed by atoms with van der Waals surface area (Å²) in [5.74, 6) is -0.742. The van der Waals surface area contributed by atoms with Gasteiger partial charge in [0.25, 0.3) is 5.91 Å².